The number of carbonyl (C=O) groups excluding carboxylic acids is 1. The van der Waals surface area contributed by atoms with Crippen LogP contribution in [0.25, 0.3) is 0 Å². The van der Waals surface area contributed by atoms with E-state index in [2.05, 4.69) is 10.2 Å². The molecule has 0 unspecified atom stereocenters. The van der Waals surface area contributed by atoms with E-state index in [4.69, 9.17) is 9.47 Å². The van der Waals surface area contributed by atoms with Crippen LogP contribution in [-0.2, 0) is 26.1 Å². The van der Waals surface area contributed by atoms with Crippen molar-refractivity contribution in [2.45, 2.75) is 25.3 Å². The standard InChI is InChI=1S/C28H33N3O5S/c1-3-36-26-12-10-25(11-13-26)31(37(33,34)27-14-4-22(2)5-15-27)21-28(32)29-20-23-6-8-24(9-7-23)30-16-18-35-19-17-30/h4-15H,3,16-21H2,1-2H3,(H,29,32). The van der Waals surface area contributed by atoms with Gasteiger partial charge in [0.05, 0.1) is 30.4 Å². The summed E-state index contributed by atoms with van der Waals surface area (Å²) < 4.78 is 39.1. The molecule has 3 aromatic rings. The molecule has 4 rings (SSSR count). The average molecular weight is 524 g/mol. The van der Waals surface area contributed by atoms with Crippen LogP contribution in [0.15, 0.2) is 77.7 Å². The monoisotopic (exact) mass is 523 g/mol. The highest BCUT2D eigenvalue weighted by atomic mass is 32.2. The zero-order valence-corrected chi connectivity index (χ0v) is 22.0. The fourth-order valence-corrected chi connectivity index (χ4v) is 5.48. The number of nitrogens with one attached hydrogen (secondary N) is 1. The number of benzene rings is 3. The van der Waals surface area contributed by atoms with Crippen LogP contribution in [0, 0.1) is 6.92 Å². The first-order chi connectivity index (χ1) is 17.9. The van der Waals surface area contributed by atoms with Gasteiger partial charge in [-0.05, 0) is 67.9 Å². The van der Waals surface area contributed by atoms with Crippen LogP contribution in [0.3, 0.4) is 0 Å². The number of hydrogen-bond acceptors (Lipinski definition) is 6. The summed E-state index contributed by atoms with van der Waals surface area (Å²) in [6, 6.07) is 21.3. The molecule has 0 aromatic heterocycles. The lowest BCUT2D eigenvalue weighted by Gasteiger charge is -2.29. The molecule has 9 heteroatoms. The molecule has 0 atom stereocenters. The number of hydrogen-bond donors (Lipinski definition) is 1. The van der Waals surface area contributed by atoms with Gasteiger partial charge in [-0.1, -0.05) is 29.8 Å². The molecule has 37 heavy (non-hydrogen) atoms. The molecule has 8 nitrogen and oxygen atoms in total. The van der Waals surface area contributed by atoms with E-state index in [1.54, 1.807) is 48.5 Å². The molecule has 0 radical (unpaired) electrons. The second-order valence-corrected chi connectivity index (χ2v) is 10.7. The Kier molecular flexibility index (Phi) is 8.68. The van der Waals surface area contributed by atoms with Crippen molar-refractivity contribution in [3.8, 4) is 5.75 Å². The van der Waals surface area contributed by atoms with Crippen molar-refractivity contribution in [3.63, 3.8) is 0 Å². The minimum absolute atomic E-state index is 0.124. The lowest BCUT2D eigenvalue weighted by Crippen LogP contribution is -2.40. The van der Waals surface area contributed by atoms with Crippen molar-refractivity contribution in [3.05, 3.63) is 83.9 Å². The third-order valence-electron chi connectivity index (χ3n) is 6.13. The minimum atomic E-state index is -3.98. The van der Waals surface area contributed by atoms with Crippen molar-refractivity contribution in [1.82, 2.24) is 5.32 Å². The van der Waals surface area contributed by atoms with E-state index < -0.39 is 15.9 Å². The van der Waals surface area contributed by atoms with Crippen molar-refractivity contribution in [2.75, 3.05) is 48.7 Å². The minimum Gasteiger partial charge on any atom is -0.494 e. The molecule has 1 heterocycles. The zero-order chi connectivity index (χ0) is 26.3. The lowest BCUT2D eigenvalue weighted by atomic mass is 10.2. The predicted octanol–water partition coefficient (Wildman–Crippen LogP) is 3.74. The Morgan fingerprint density at radius 3 is 2.24 bits per heavy atom. The van der Waals surface area contributed by atoms with Gasteiger partial charge in [-0.2, -0.15) is 0 Å². The van der Waals surface area contributed by atoms with E-state index in [0.29, 0.717) is 37.8 Å². The van der Waals surface area contributed by atoms with Gasteiger partial charge in [0.1, 0.15) is 12.3 Å². The summed E-state index contributed by atoms with van der Waals surface area (Å²) in [6.07, 6.45) is 0. The number of carbonyl (C=O) groups is 1. The normalized spacial score (nSPS) is 13.7. The molecule has 1 fully saturated rings. The maximum absolute atomic E-state index is 13.6. The van der Waals surface area contributed by atoms with Crippen LogP contribution in [0.1, 0.15) is 18.1 Å². The third-order valence-corrected chi connectivity index (χ3v) is 7.92. The van der Waals surface area contributed by atoms with E-state index in [-0.39, 0.29) is 11.4 Å². The lowest BCUT2D eigenvalue weighted by molar-refractivity contribution is -0.119. The number of morpholine rings is 1. The molecule has 1 amide bonds. The summed E-state index contributed by atoms with van der Waals surface area (Å²) in [4.78, 5) is 15.3. The van der Waals surface area contributed by atoms with E-state index in [1.165, 1.54) is 0 Å². The van der Waals surface area contributed by atoms with E-state index in [9.17, 15) is 13.2 Å². The van der Waals surface area contributed by atoms with Gasteiger partial charge in [-0.15, -0.1) is 0 Å². The highest BCUT2D eigenvalue weighted by Crippen LogP contribution is 2.26. The summed E-state index contributed by atoms with van der Waals surface area (Å²) in [5.74, 6) is 0.228. The summed E-state index contributed by atoms with van der Waals surface area (Å²) in [7, 11) is -3.98. The number of ether oxygens (including phenoxy) is 2. The quantitative estimate of drug-likeness (QED) is 0.436. The van der Waals surface area contributed by atoms with E-state index in [0.717, 1.165) is 34.2 Å². The van der Waals surface area contributed by atoms with Crippen LogP contribution in [-0.4, -0.2) is 53.8 Å². The van der Waals surface area contributed by atoms with Gasteiger partial charge in [0, 0.05) is 25.3 Å². The zero-order valence-electron chi connectivity index (χ0n) is 21.2. The molecule has 1 saturated heterocycles. The number of amides is 1. The average Bonchev–Trinajstić information content (AvgIpc) is 2.92. The third kappa shape index (κ3) is 6.81. The Morgan fingerprint density at radius 1 is 0.973 bits per heavy atom. The Balaban J connectivity index is 1.47. The second-order valence-electron chi connectivity index (χ2n) is 8.79. The molecular weight excluding hydrogens is 490 g/mol. The van der Waals surface area contributed by atoms with Crippen molar-refractivity contribution in [1.29, 1.82) is 0 Å². The molecule has 1 aliphatic rings. The van der Waals surface area contributed by atoms with Crippen LogP contribution >= 0.6 is 0 Å². The molecule has 0 aliphatic carbocycles. The molecule has 0 saturated carbocycles. The maximum Gasteiger partial charge on any atom is 0.264 e. The predicted molar refractivity (Wildman–Crippen MR) is 145 cm³/mol. The van der Waals surface area contributed by atoms with Crippen molar-refractivity contribution in [2.24, 2.45) is 0 Å². The molecular formula is C28H33N3O5S. The van der Waals surface area contributed by atoms with Gasteiger partial charge in [-0.3, -0.25) is 9.10 Å². The van der Waals surface area contributed by atoms with Crippen molar-refractivity contribution >= 4 is 27.3 Å². The highest BCUT2D eigenvalue weighted by Gasteiger charge is 2.27. The highest BCUT2D eigenvalue weighted by molar-refractivity contribution is 7.92. The first kappa shape index (κ1) is 26.5. The van der Waals surface area contributed by atoms with Gasteiger partial charge in [-0.25, -0.2) is 8.42 Å². The first-order valence-corrected chi connectivity index (χ1v) is 13.8. The fraction of sp³-hybridized carbons (Fsp3) is 0.321. The van der Waals surface area contributed by atoms with E-state index in [1.807, 2.05) is 38.1 Å². The summed E-state index contributed by atoms with van der Waals surface area (Å²) in [5, 5.41) is 2.86. The van der Waals surface area contributed by atoms with Gasteiger partial charge < -0.3 is 19.7 Å². The molecule has 0 spiro atoms. The number of rotatable bonds is 10. The number of aryl methyl sites for hydroxylation is 1. The number of anilines is 2. The Hall–Kier alpha value is -3.56. The summed E-state index contributed by atoms with van der Waals surface area (Å²) in [5.41, 5.74) is 3.38. The first-order valence-electron chi connectivity index (χ1n) is 12.4. The number of nitrogens with zero attached hydrogens (tertiary/aromatic N) is 2. The SMILES string of the molecule is CCOc1ccc(N(CC(=O)NCc2ccc(N3CCOCC3)cc2)S(=O)(=O)c2ccc(C)cc2)cc1. The molecule has 196 valence electrons. The van der Waals surface area contributed by atoms with Gasteiger partial charge in [0.2, 0.25) is 5.91 Å². The fourth-order valence-electron chi connectivity index (χ4n) is 4.06. The smallest absolute Gasteiger partial charge is 0.264 e. The molecule has 3 aromatic carbocycles. The summed E-state index contributed by atoms with van der Waals surface area (Å²) in [6.45, 7) is 7.35. The van der Waals surface area contributed by atoms with Crippen molar-refractivity contribution < 1.29 is 22.7 Å². The van der Waals surface area contributed by atoms with Crippen LogP contribution in [0.4, 0.5) is 11.4 Å². The topological polar surface area (TPSA) is 88.2 Å². The Bertz CT molecular complexity index is 1270. The Morgan fingerprint density at radius 2 is 1.62 bits per heavy atom. The molecule has 1 N–H and O–H groups in total. The van der Waals surface area contributed by atoms with E-state index >= 15 is 0 Å². The van der Waals surface area contributed by atoms with Gasteiger partial charge in [0.25, 0.3) is 10.0 Å². The van der Waals surface area contributed by atoms with Crippen LogP contribution in [0.5, 0.6) is 5.75 Å². The van der Waals surface area contributed by atoms with Gasteiger partial charge >= 0.3 is 0 Å². The van der Waals surface area contributed by atoms with Gasteiger partial charge in [0.15, 0.2) is 0 Å². The molecule has 0 bridgehead atoms. The molecule has 1 aliphatic heterocycles. The van der Waals surface area contributed by atoms with Crippen LogP contribution < -0.4 is 19.3 Å². The summed E-state index contributed by atoms with van der Waals surface area (Å²) >= 11 is 0. The van der Waals surface area contributed by atoms with Crippen LogP contribution in [0.2, 0.25) is 0 Å². The largest absolute Gasteiger partial charge is 0.494 e. The second kappa shape index (κ2) is 12.1. The maximum atomic E-state index is 13.6. The Labute approximate surface area is 218 Å². The number of sulfonamides is 1.